The quantitative estimate of drug-likeness (QED) is 0.665. The molecule has 1 aliphatic rings. The van der Waals surface area contributed by atoms with Crippen LogP contribution in [0.15, 0.2) is 24.4 Å². The van der Waals surface area contributed by atoms with Crippen LogP contribution in [0, 0.1) is 17.2 Å². The highest BCUT2D eigenvalue weighted by Gasteiger charge is 2.26. The fraction of sp³-hybridized carbons (Fsp3) is 0.476. The van der Waals surface area contributed by atoms with Gasteiger partial charge in [0.25, 0.3) is 0 Å². The van der Waals surface area contributed by atoms with Crippen LogP contribution in [0.2, 0.25) is 0 Å². The molecule has 1 aliphatic carbocycles. The summed E-state index contributed by atoms with van der Waals surface area (Å²) in [5.74, 6) is 1.16. The smallest absolute Gasteiger partial charge is 0.158 e. The van der Waals surface area contributed by atoms with Crippen LogP contribution in [0.1, 0.15) is 63.0 Å². The molecule has 128 valence electrons. The lowest BCUT2D eigenvalue weighted by Crippen LogP contribution is -2.15. The highest BCUT2D eigenvalue weighted by atomic mass is 15.3. The van der Waals surface area contributed by atoms with Gasteiger partial charge in [-0.2, -0.15) is 10.4 Å². The van der Waals surface area contributed by atoms with Crippen molar-refractivity contribution in [2.45, 2.75) is 58.4 Å². The zero-order valence-corrected chi connectivity index (χ0v) is 15.0. The number of aromatic nitrogens is 3. The fourth-order valence-corrected chi connectivity index (χ4v) is 4.46. The Bertz CT molecular complexity index is 957. The highest BCUT2D eigenvalue weighted by molar-refractivity contribution is 5.97. The van der Waals surface area contributed by atoms with E-state index < -0.39 is 0 Å². The Morgan fingerprint density at radius 3 is 2.76 bits per heavy atom. The Morgan fingerprint density at radius 1 is 1.24 bits per heavy atom. The molecule has 0 unspecified atom stereocenters. The Kier molecular flexibility index (Phi) is 4.17. The summed E-state index contributed by atoms with van der Waals surface area (Å²) < 4.78 is 1.98. The zero-order chi connectivity index (χ0) is 17.4. The SMILES string of the molecule is CCn1ncc2c([C@@H](C)C3CCCCC3)c3cc(C#N)ccc3nc21. The second-order valence-corrected chi connectivity index (χ2v) is 7.25. The Hall–Kier alpha value is -2.41. The van der Waals surface area contributed by atoms with Gasteiger partial charge in [0, 0.05) is 17.3 Å². The van der Waals surface area contributed by atoms with Crippen molar-refractivity contribution >= 4 is 21.9 Å². The molecule has 0 aliphatic heterocycles. The Morgan fingerprint density at radius 2 is 2.04 bits per heavy atom. The minimum atomic E-state index is 0.455. The molecule has 1 aromatic carbocycles. The first-order valence-electron chi connectivity index (χ1n) is 9.42. The molecule has 2 aromatic heterocycles. The number of hydrogen-bond acceptors (Lipinski definition) is 3. The second-order valence-electron chi connectivity index (χ2n) is 7.25. The first-order chi connectivity index (χ1) is 12.2. The molecule has 0 spiro atoms. The van der Waals surface area contributed by atoms with E-state index in [1.165, 1.54) is 37.7 Å². The predicted octanol–water partition coefficient (Wildman–Crippen LogP) is 5.16. The number of aryl methyl sites for hydroxylation is 1. The van der Waals surface area contributed by atoms with Gasteiger partial charge in [0.2, 0.25) is 0 Å². The summed E-state index contributed by atoms with van der Waals surface area (Å²) in [6, 6.07) is 8.14. The highest BCUT2D eigenvalue weighted by Crippen LogP contribution is 2.41. The maximum Gasteiger partial charge on any atom is 0.158 e. The molecule has 4 nitrogen and oxygen atoms in total. The van der Waals surface area contributed by atoms with Crippen LogP contribution in [0.4, 0.5) is 0 Å². The summed E-state index contributed by atoms with van der Waals surface area (Å²) in [6.07, 6.45) is 8.59. The molecule has 1 atom stereocenters. The van der Waals surface area contributed by atoms with Gasteiger partial charge in [0.1, 0.15) is 0 Å². The number of benzene rings is 1. The lowest BCUT2D eigenvalue weighted by Gasteiger charge is -2.29. The van der Waals surface area contributed by atoms with E-state index in [0.717, 1.165) is 28.5 Å². The van der Waals surface area contributed by atoms with Gasteiger partial charge in [-0.3, -0.25) is 0 Å². The first-order valence-corrected chi connectivity index (χ1v) is 9.42. The lowest BCUT2D eigenvalue weighted by atomic mass is 9.76. The summed E-state index contributed by atoms with van der Waals surface area (Å²) in [5, 5.41) is 16.2. The van der Waals surface area contributed by atoms with E-state index in [-0.39, 0.29) is 0 Å². The summed E-state index contributed by atoms with van der Waals surface area (Å²) in [7, 11) is 0. The normalized spacial score (nSPS) is 17.0. The van der Waals surface area contributed by atoms with Crippen LogP contribution in [0.3, 0.4) is 0 Å². The molecule has 25 heavy (non-hydrogen) atoms. The van der Waals surface area contributed by atoms with Crippen molar-refractivity contribution in [3.8, 4) is 6.07 Å². The van der Waals surface area contributed by atoms with Gasteiger partial charge in [-0.25, -0.2) is 9.67 Å². The number of rotatable bonds is 3. The third-order valence-electron chi connectivity index (χ3n) is 5.86. The van der Waals surface area contributed by atoms with E-state index in [2.05, 4.69) is 25.0 Å². The standard InChI is InChI=1S/C21H24N4/c1-3-25-21-18(13-23-25)20(14(2)16-7-5-4-6-8-16)17-11-15(12-22)9-10-19(17)24-21/h9-11,13-14,16H,3-8H2,1-2H3/t14-/m0/s1. The van der Waals surface area contributed by atoms with Gasteiger partial charge in [-0.05, 0) is 55.4 Å². The van der Waals surface area contributed by atoms with E-state index in [1.807, 2.05) is 29.1 Å². The number of hydrogen-bond donors (Lipinski definition) is 0. The van der Waals surface area contributed by atoms with E-state index in [0.29, 0.717) is 17.4 Å². The molecule has 1 saturated carbocycles. The van der Waals surface area contributed by atoms with Crippen molar-refractivity contribution in [1.29, 1.82) is 5.26 Å². The average molecular weight is 332 g/mol. The van der Waals surface area contributed by atoms with Crippen molar-refractivity contribution in [2.24, 2.45) is 5.92 Å². The summed E-state index contributed by atoms with van der Waals surface area (Å²) in [6.45, 7) is 5.27. The van der Waals surface area contributed by atoms with Crippen molar-refractivity contribution in [1.82, 2.24) is 14.8 Å². The molecule has 0 bridgehead atoms. The van der Waals surface area contributed by atoms with Crippen molar-refractivity contribution < 1.29 is 0 Å². The van der Waals surface area contributed by atoms with Crippen LogP contribution in [0.25, 0.3) is 21.9 Å². The van der Waals surface area contributed by atoms with Crippen molar-refractivity contribution in [3.63, 3.8) is 0 Å². The predicted molar refractivity (Wildman–Crippen MR) is 100 cm³/mol. The maximum atomic E-state index is 9.34. The molecule has 1 fully saturated rings. The molecular weight excluding hydrogens is 308 g/mol. The van der Waals surface area contributed by atoms with Crippen LogP contribution < -0.4 is 0 Å². The largest absolute Gasteiger partial charge is 0.248 e. The van der Waals surface area contributed by atoms with E-state index >= 15 is 0 Å². The molecular formula is C21H24N4. The Balaban J connectivity index is 1.99. The van der Waals surface area contributed by atoms with E-state index in [4.69, 9.17) is 4.98 Å². The minimum Gasteiger partial charge on any atom is -0.248 e. The summed E-state index contributed by atoms with van der Waals surface area (Å²) in [5.41, 5.74) is 3.98. The molecule has 2 heterocycles. The third-order valence-corrected chi connectivity index (χ3v) is 5.86. The second kappa shape index (κ2) is 6.48. The third kappa shape index (κ3) is 2.68. The molecule has 3 aromatic rings. The van der Waals surface area contributed by atoms with Gasteiger partial charge < -0.3 is 0 Å². The summed E-state index contributed by atoms with van der Waals surface area (Å²) in [4.78, 5) is 4.86. The number of fused-ring (bicyclic) bond motifs is 2. The van der Waals surface area contributed by atoms with Gasteiger partial charge in [-0.15, -0.1) is 0 Å². The molecule has 0 N–H and O–H groups in total. The lowest BCUT2D eigenvalue weighted by molar-refractivity contribution is 0.318. The molecule has 0 saturated heterocycles. The topological polar surface area (TPSA) is 54.5 Å². The van der Waals surface area contributed by atoms with E-state index in [1.54, 1.807) is 0 Å². The van der Waals surface area contributed by atoms with Crippen molar-refractivity contribution in [2.75, 3.05) is 0 Å². The number of pyridine rings is 1. The Labute approximate surface area is 148 Å². The van der Waals surface area contributed by atoms with Gasteiger partial charge >= 0.3 is 0 Å². The fourth-order valence-electron chi connectivity index (χ4n) is 4.46. The van der Waals surface area contributed by atoms with E-state index in [9.17, 15) is 5.26 Å². The van der Waals surface area contributed by atoms with Gasteiger partial charge in [-0.1, -0.05) is 26.2 Å². The minimum absolute atomic E-state index is 0.455. The average Bonchev–Trinajstić information content (AvgIpc) is 3.08. The monoisotopic (exact) mass is 332 g/mol. The molecule has 4 rings (SSSR count). The number of nitrogens with zero attached hydrogens (tertiary/aromatic N) is 4. The van der Waals surface area contributed by atoms with Crippen LogP contribution in [-0.4, -0.2) is 14.8 Å². The molecule has 0 amide bonds. The van der Waals surface area contributed by atoms with Crippen LogP contribution in [0.5, 0.6) is 0 Å². The van der Waals surface area contributed by atoms with Gasteiger partial charge in [0.15, 0.2) is 5.65 Å². The summed E-state index contributed by atoms with van der Waals surface area (Å²) >= 11 is 0. The zero-order valence-electron chi connectivity index (χ0n) is 15.0. The molecule has 0 radical (unpaired) electrons. The van der Waals surface area contributed by atoms with Crippen LogP contribution >= 0.6 is 0 Å². The maximum absolute atomic E-state index is 9.34. The van der Waals surface area contributed by atoms with Crippen LogP contribution in [-0.2, 0) is 6.54 Å². The van der Waals surface area contributed by atoms with Crippen molar-refractivity contribution in [3.05, 3.63) is 35.5 Å². The number of nitriles is 1. The first kappa shape index (κ1) is 16.1. The molecule has 4 heteroatoms. The van der Waals surface area contributed by atoms with Gasteiger partial charge in [0.05, 0.1) is 23.3 Å².